The molecule has 30 heavy (non-hydrogen) atoms. The van der Waals surface area contributed by atoms with Crippen LogP contribution in [0.5, 0.6) is 23.0 Å². The van der Waals surface area contributed by atoms with Crippen LogP contribution in [0.1, 0.15) is 5.56 Å². The number of rotatable bonds is 7. The normalized spacial score (nSPS) is 10.8. The average molecular weight is 415 g/mol. The summed E-state index contributed by atoms with van der Waals surface area (Å²) in [5.74, 6) is -1.20. The first-order valence-corrected chi connectivity index (χ1v) is 8.96. The summed E-state index contributed by atoms with van der Waals surface area (Å²) < 4.78 is 11.0. The number of phenols is 2. The van der Waals surface area contributed by atoms with E-state index in [0.29, 0.717) is 11.1 Å². The highest BCUT2D eigenvalue weighted by Crippen LogP contribution is 2.37. The molecule has 1 aromatic heterocycles. The number of benzene rings is 2. The van der Waals surface area contributed by atoms with Crippen LogP contribution in [0.25, 0.3) is 22.3 Å². The van der Waals surface area contributed by atoms with Gasteiger partial charge in [-0.25, -0.2) is 0 Å². The van der Waals surface area contributed by atoms with E-state index >= 15 is 0 Å². The lowest BCUT2D eigenvalue weighted by molar-refractivity contribution is 0.202. The molecule has 0 aliphatic rings. The van der Waals surface area contributed by atoms with Crippen molar-refractivity contribution in [2.24, 2.45) is 16.5 Å². The van der Waals surface area contributed by atoms with Gasteiger partial charge in [0.15, 0.2) is 11.7 Å². The summed E-state index contributed by atoms with van der Waals surface area (Å²) in [6.07, 6.45) is 0.285. The molecule has 0 amide bonds. The highest BCUT2D eigenvalue weighted by atomic mass is 16.5. The molecular weight excluding hydrogens is 394 g/mol. The molecule has 0 aliphatic carbocycles. The van der Waals surface area contributed by atoms with Crippen molar-refractivity contribution in [1.82, 2.24) is 0 Å². The van der Waals surface area contributed by atoms with Crippen LogP contribution < -0.4 is 21.6 Å². The first-order chi connectivity index (χ1) is 14.3. The van der Waals surface area contributed by atoms with Gasteiger partial charge in [0, 0.05) is 24.2 Å². The van der Waals surface area contributed by atoms with Crippen molar-refractivity contribution in [2.75, 3.05) is 19.8 Å². The number of nitrogens with two attached hydrogens (primary N) is 2. The van der Waals surface area contributed by atoms with Crippen molar-refractivity contribution in [1.29, 1.82) is 0 Å². The first kappa shape index (κ1) is 20.8. The summed E-state index contributed by atoms with van der Waals surface area (Å²) in [7, 11) is 0. The molecule has 0 atom stereocenters. The van der Waals surface area contributed by atoms with E-state index in [4.69, 9.17) is 25.7 Å². The number of fused-ring (bicyclic) bond motifs is 1. The van der Waals surface area contributed by atoms with Gasteiger partial charge in [-0.2, -0.15) is 0 Å². The van der Waals surface area contributed by atoms with Crippen LogP contribution in [-0.4, -0.2) is 46.1 Å². The number of hydrogen-bond donors (Lipinski definition) is 6. The van der Waals surface area contributed by atoms with Gasteiger partial charge in [0.1, 0.15) is 34.8 Å². The minimum atomic E-state index is -0.776. The van der Waals surface area contributed by atoms with Crippen LogP contribution in [0.15, 0.2) is 44.5 Å². The van der Waals surface area contributed by atoms with Gasteiger partial charge in [-0.05, 0) is 30.2 Å². The van der Waals surface area contributed by atoms with Crippen molar-refractivity contribution in [3.63, 3.8) is 0 Å². The largest absolute Gasteiger partial charge is 0.508 e. The van der Waals surface area contributed by atoms with Gasteiger partial charge in [-0.15, -0.1) is 0 Å². The second-order valence-electron chi connectivity index (χ2n) is 6.40. The maximum Gasteiger partial charge on any atom is 0.238 e. The number of aliphatic hydroxyl groups excluding tert-OH is 1. The number of nitrogens with zero attached hydrogens (tertiary/aromatic N) is 1. The third kappa shape index (κ3) is 4.23. The predicted octanol–water partition coefficient (Wildman–Crippen LogP) is 0.764. The molecule has 0 unspecified atom stereocenters. The molecule has 1 heterocycles. The molecule has 0 saturated carbocycles. The van der Waals surface area contributed by atoms with Crippen LogP contribution in [0.2, 0.25) is 0 Å². The lowest BCUT2D eigenvalue weighted by Gasteiger charge is -2.13. The van der Waals surface area contributed by atoms with Crippen LogP contribution in [-0.2, 0) is 6.42 Å². The Bertz CT molecular complexity index is 1170. The SMILES string of the molecule is NC(N)=NCCc1cc(O)ccc1-c1oc2cc(O)cc(OCCO)c2c(=O)c1O. The number of guanidine groups is 1. The monoisotopic (exact) mass is 415 g/mol. The Morgan fingerprint density at radius 1 is 1.10 bits per heavy atom. The van der Waals surface area contributed by atoms with E-state index in [2.05, 4.69) is 4.99 Å². The van der Waals surface area contributed by atoms with E-state index in [9.17, 15) is 20.1 Å². The highest BCUT2D eigenvalue weighted by Gasteiger charge is 2.21. The summed E-state index contributed by atoms with van der Waals surface area (Å²) in [5, 5.41) is 39.2. The van der Waals surface area contributed by atoms with Crippen LogP contribution in [0.4, 0.5) is 0 Å². The molecule has 0 bridgehead atoms. The molecule has 0 radical (unpaired) electrons. The molecule has 8 N–H and O–H groups in total. The zero-order valence-electron chi connectivity index (χ0n) is 15.8. The quantitative estimate of drug-likeness (QED) is 0.239. The topological polar surface area (TPSA) is 185 Å². The molecule has 0 spiro atoms. The average Bonchev–Trinajstić information content (AvgIpc) is 2.68. The van der Waals surface area contributed by atoms with Gasteiger partial charge in [0.25, 0.3) is 0 Å². The van der Waals surface area contributed by atoms with Crippen LogP contribution in [0.3, 0.4) is 0 Å². The Kier molecular flexibility index (Phi) is 5.98. The van der Waals surface area contributed by atoms with E-state index in [1.165, 1.54) is 30.3 Å². The molecule has 2 aromatic carbocycles. The summed E-state index contributed by atoms with van der Waals surface area (Å²) in [6, 6.07) is 6.71. The summed E-state index contributed by atoms with van der Waals surface area (Å²) >= 11 is 0. The van der Waals surface area contributed by atoms with Crippen LogP contribution >= 0.6 is 0 Å². The maximum atomic E-state index is 12.9. The first-order valence-electron chi connectivity index (χ1n) is 8.96. The van der Waals surface area contributed by atoms with Crippen LogP contribution in [0, 0.1) is 0 Å². The lowest BCUT2D eigenvalue weighted by atomic mass is 10.0. The van der Waals surface area contributed by atoms with Crippen molar-refractivity contribution in [3.8, 4) is 34.3 Å². The number of phenolic OH excluding ortho intramolecular Hbond substituents is 2. The van der Waals surface area contributed by atoms with E-state index in [0.717, 1.165) is 0 Å². The Morgan fingerprint density at radius 2 is 1.87 bits per heavy atom. The number of aliphatic hydroxyl groups is 1. The number of ether oxygens (including phenoxy) is 1. The molecule has 0 aliphatic heterocycles. The molecule has 0 saturated heterocycles. The zero-order valence-corrected chi connectivity index (χ0v) is 15.8. The van der Waals surface area contributed by atoms with Gasteiger partial charge < -0.3 is 41.0 Å². The van der Waals surface area contributed by atoms with E-state index in [1.54, 1.807) is 0 Å². The van der Waals surface area contributed by atoms with Crippen molar-refractivity contribution >= 4 is 16.9 Å². The van der Waals surface area contributed by atoms with Gasteiger partial charge >= 0.3 is 0 Å². The fraction of sp³-hybridized carbons (Fsp3) is 0.200. The zero-order chi connectivity index (χ0) is 21.8. The third-order valence-corrected chi connectivity index (χ3v) is 4.28. The van der Waals surface area contributed by atoms with Gasteiger partial charge in [0.05, 0.1) is 6.61 Å². The fourth-order valence-electron chi connectivity index (χ4n) is 3.03. The highest BCUT2D eigenvalue weighted by molar-refractivity contribution is 5.88. The summed E-state index contributed by atoms with van der Waals surface area (Å²) in [5.41, 5.74) is 10.7. The number of hydrogen-bond acceptors (Lipinski definition) is 8. The molecule has 10 heteroatoms. The Hall–Kier alpha value is -3.92. The van der Waals surface area contributed by atoms with E-state index in [1.807, 2.05) is 0 Å². The Labute approximate surface area is 170 Å². The number of aromatic hydroxyl groups is 3. The van der Waals surface area contributed by atoms with Crippen molar-refractivity contribution < 1.29 is 29.6 Å². The lowest BCUT2D eigenvalue weighted by Crippen LogP contribution is -2.23. The van der Waals surface area contributed by atoms with Gasteiger partial charge in [-0.3, -0.25) is 9.79 Å². The van der Waals surface area contributed by atoms with Gasteiger partial charge in [-0.1, -0.05) is 0 Å². The van der Waals surface area contributed by atoms with Crippen molar-refractivity contribution in [2.45, 2.75) is 6.42 Å². The van der Waals surface area contributed by atoms with Gasteiger partial charge in [0.2, 0.25) is 11.2 Å². The summed E-state index contributed by atoms with van der Waals surface area (Å²) in [6.45, 7) is -0.218. The minimum Gasteiger partial charge on any atom is -0.508 e. The fourth-order valence-corrected chi connectivity index (χ4v) is 3.03. The molecule has 3 rings (SSSR count). The maximum absolute atomic E-state index is 12.9. The second-order valence-corrected chi connectivity index (χ2v) is 6.40. The van der Waals surface area contributed by atoms with E-state index < -0.39 is 11.2 Å². The Balaban J connectivity index is 2.19. The summed E-state index contributed by atoms with van der Waals surface area (Å²) in [4.78, 5) is 16.8. The molecule has 158 valence electrons. The number of aliphatic imine (C=N–C) groups is 1. The molecular formula is C20H21N3O7. The molecule has 3 aromatic rings. The minimum absolute atomic E-state index is 0.0241. The molecule has 0 fully saturated rings. The predicted molar refractivity (Wildman–Crippen MR) is 110 cm³/mol. The smallest absolute Gasteiger partial charge is 0.238 e. The second kappa shape index (κ2) is 8.62. The third-order valence-electron chi connectivity index (χ3n) is 4.28. The standard InChI is InChI=1S/C20H21N3O7/c21-20(22)23-4-3-10-7-11(25)1-2-13(10)19-18(28)17(27)16-14(29-6-5-24)8-12(26)9-15(16)30-19/h1-2,7-9,24-26,28H,3-6H2,(H4,21,22,23). The Morgan fingerprint density at radius 3 is 2.57 bits per heavy atom. The van der Waals surface area contributed by atoms with Crippen molar-refractivity contribution in [3.05, 3.63) is 46.1 Å². The molecule has 10 nitrogen and oxygen atoms in total. The van der Waals surface area contributed by atoms with E-state index in [-0.39, 0.29) is 66.1 Å².